The number of carbonyl (C=O) groups excluding carboxylic acids is 2. The van der Waals surface area contributed by atoms with Crippen LogP contribution in [0.1, 0.15) is 47.8 Å². The van der Waals surface area contributed by atoms with Gasteiger partial charge in [0.1, 0.15) is 0 Å². The van der Waals surface area contributed by atoms with Gasteiger partial charge in [0.15, 0.2) is 0 Å². The third-order valence-corrected chi connectivity index (χ3v) is 3.82. The Kier molecular flexibility index (Phi) is 6.30. The standard InChI is InChI=1S/C20H21N3O2/c1-14(22-20(25)18-6-4-3-5-7-18)12-19(24)23-15(2)17-10-8-16(13-21)9-11-17/h3-11,14-15H,12H2,1-2H3,(H,22,25)(H,23,24). The fraction of sp³-hybridized carbons (Fsp3) is 0.250. The topological polar surface area (TPSA) is 82.0 Å². The molecule has 0 heterocycles. The van der Waals surface area contributed by atoms with Gasteiger partial charge in [0, 0.05) is 18.0 Å². The minimum atomic E-state index is -0.277. The molecule has 128 valence electrons. The number of rotatable bonds is 6. The molecule has 0 radical (unpaired) electrons. The van der Waals surface area contributed by atoms with Crippen LogP contribution in [0.3, 0.4) is 0 Å². The van der Waals surface area contributed by atoms with Gasteiger partial charge in [-0.15, -0.1) is 0 Å². The molecule has 25 heavy (non-hydrogen) atoms. The highest BCUT2D eigenvalue weighted by Gasteiger charge is 2.15. The summed E-state index contributed by atoms with van der Waals surface area (Å²) in [6.45, 7) is 3.68. The average molecular weight is 335 g/mol. The zero-order chi connectivity index (χ0) is 18.2. The smallest absolute Gasteiger partial charge is 0.251 e. The zero-order valence-corrected chi connectivity index (χ0v) is 14.3. The summed E-state index contributed by atoms with van der Waals surface area (Å²) in [5.74, 6) is -0.334. The molecule has 0 aliphatic carbocycles. The van der Waals surface area contributed by atoms with E-state index in [0.29, 0.717) is 11.1 Å². The van der Waals surface area contributed by atoms with Gasteiger partial charge in [-0.2, -0.15) is 5.26 Å². The first-order chi connectivity index (χ1) is 12.0. The first-order valence-electron chi connectivity index (χ1n) is 8.15. The molecule has 2 unspecified atom stereocenters. The summed E-state index contributed by atoms with van der Waals surface area (Å²) in [6.07, 6.45) is 0.194. The Morgan fingerprint density at radius 2 is 1.64 bits per heavy atom. The number of hydrogen-bond donors (Lipinski definition) is 2. The predicted octanol–water partition coefficient (Wildman–Crippen LogP) is 2.94. The third kappa shape index (κ3) is 5.47. The van der Waals surface area contributed by atoms with Crippen LogP contribution in [0.4, 0.5) is 0 Å². The van der Waals surface area contributed by atoms with Crippen molar-refractivity contribution in [3.05, 3.63) is 71.3 Å². The maximum Gasteiger partial charge on any atom is 0.251 e. The highest BCUT2D eigenvalue weighted by molar-refractivity contribution is 5.94. The van der Waals surface area contributed by atoms with Crippen LogP contribution in [-0.4, -0.2) is 17.9 Å². The number of benzene rings is 2. The molecule has 0 saturated heterocycles. The first kappa shape index (κ1) is 18.2. The Bertz CT molecular complexity index is 764. The van der Waals surface area contributed by atoms with Crippen LogP contribution in [0.2, 0.25) is 0 Å². The molecule has 0 aromatic heterocycles. The highest BCUT2D eigenvalue weighted by Crippen LogP contribution is 2.13. The molecule has 2 amide bonds. The molecule has 0 saturated carbocycles. The Morgan fingerprint density at radius 3 is 2.24 bits per heavy atom. The van der Waals surface area contributed by atoms with Crippen LogP contribution in [-0.2, 0) is 4.79 Å². The van der Waals surface area contributed by atoms with Crippen LogP contribution >= 0.6 is 0 Å². The van der Waals surface area contributed by atoms with Crippen molar-refractivity contribution in [1.82, 2.24) is 10.6 Å². The lowest BCUT2D eigenvalue weighted by Gasteiger charge is -2.17. The normalized spacial score (nSPS) is 12.5. The highest BCUT2D eigenvalue weighted by atomic mass is 16.2. The van der Waals surface area contributed by atoms with Gasteiger partial charge in [0.25, 0.3) is 5.91 Å². The second kappa shape index (κ2) is 8.65. The van der Waals surface area contributed by atoms with E-state index in [-0.39, 0.29) is 30.3 Å². The summed E-state index contributed by atoms with van der Waals surface area (Å²) in [5, 5.41) is 14.5. The Hall–Kier alpha value is -3.13. The summed E-state index contributed by atoms with van der Waals surface area (Å²) in [7, 11) is 0. The summed E-state index contributed by atoms with van der Waals surface area (Å²) in [6, 6.07) is 17.6. The lowest BCUT2D eigenvalue weighted by atomic mass is 10.1. The second-order valence-electron chi connectivity index (χ2n) is 5.97. The van der Waals surface area contributed by atoms with Crippen LogP contribution in [0, 0.1) is 11.3 Å². The minimum absolute atomic E-state index is 0.141. The van der Waals surface area contributed by atoms with E-state index in [9.17, 15) is 9.59 Å². The van der Waals surface area contributed by atoms with Gasteiger partial charge in [-0.3, -0.25) is 9.59 Å². The molecule has 0 spiro atoms. The molecule has 2 aromatic rings. The number of amides is 2. The molecule has 0 aliphatic rings. The van der Waals surface area contributed by atoms with Crippen molar-refractivity contribution in [3.63, 3.8) is 0 Å². The van der Waals surface area contributed by atoms with E-state index in [2.05, 4.69) is 16.7 Å². The van der Waals surface area contributed by atoms with Crippen molar-refractivity contribution in [3.8, 4) is 6.07 Å². The molecule has 5 heteroatoms. The fourth-order valence-electron chi connectivity index (χ4n) is 2.46. The van der Waals surface area contributed by atoms with Crippen molar-refractivity contribution >= 4 is 11.8 Å². The maximum absolute atomic E-state index is 12.2. The quantitative estimate of drug-likeness (QED) is 0.851. The molecule has 2 atom stereocenters. The Labute approximate surface area is 147 Å². The van der Waals surface area contributed by atoms with Crippen molar-refractivity contribution in [1.29, 1.82) is 5.26 Å². The van der Waals surface area contributed by atoms with Crippen LogP contribution < -0.4 is 10.6 Å². The van der Waals surface area contributed by atoms with E-state index in [0.717, 1.165) is 5.56 Å². The van der Waals surface area contributed by atoms with Gasteiger partial charge in [-0.25, -0.2) is 0 Å². The Morgan fingerprint density at radius 1 is 1.00 bits per heavy atom. The summed E-state index contributed by atoms with van der Waals surface area (Å²) < 4.78 is 0. The monoisotopic (exact) mass is 335 g/mol. The van der Waals surface area contributed by atoms with E-state index >= 15 is 0 Å². The summed E-state index contributed by atoms with van der Waals surface area (Å²) >= 11 is 0. The average Bonchev–Trinajstić information content (AvgIpc) is 2.62. The number of nitrogens with one attached hydrogen (secondary N) is 2. The van der Waals surface area contributed by atoms with Crippen molar-refractivity contribution in [2.24, 2.45) is 0 Å². The molecule has 0 aliphatic heterocycles. The minimum Gasteiger partial charge on any atom is -0.350 e. The van der Waals surface area contributed by atoms with Crippen LogP contribution in [0.5, 0.6) is 0 Å². The van der Waals surface area contributed by atoms with Gasteiger partial charge in [0.2, 0.25) is 5.91 Å². The molecule has 0 fully saturated rings. The van der Waals surface area contributed by atoms with Gasteiger partial charge < -0.3 is 10.6 Å². The number of carbonyl (C=O) groups is 2. The van der Waals surface area contributed by atoms with Crippen molar-refractivity contribution in [2.45, 2.75) is 32.4 Å². The first-order valence-corrected chi connectivity index (χ1v) is 8.15. The van der Waals surface area contributed by atoms with E-state index < -0.39 is 0 Å². The fourth-order valence-corrected chi connectivity index (χ4v) is 2.46. The molecule has 2 rings (SSSR count). The molecular weight excluding hydrogens is 314 g/mol. The van der Waals surface area contributed by atoms with Gasteiger partial charge in [-0.1, -0.05) is 30.3 Å². The van der Waals surface area contributed by atoms with E-state index in [1.54, 1.807) is 43.3 Å². The van der Waals surface area contributed by atoms with Gasteiger partial charge in [0.05, 0.1) is 17.7 Å². The molecule has 2 N–H and O–H groups in total. The molecule has 0 bridgehead atoms. The summed E-state index contributed by atoms with van der Waals surface area (Å²) in [5.41, 5.74) is 2.08. The SMILES string of the molecule is CC(CC(=O)NC(C)c1ccc(C#N)cc1)NC(=O)c1ccccc1. The lowest BCUT2D eigenvalue weighted by Crippen LogP contribution is -2.37. The van der Waals surface area contributed by atoms with Crippen molar-refractivity contribution < 1.29 is 9.59 Å². The van der Waals surface area contributed by atoms with Crippen LogP contribution in [0.25, 0.3) is 0 Å². The number of nitrogens with zero attached hydrogens (tertiary/aromatic N) is 1. The van der Waals surface area contributed by atoms with E-state index in [1.165, 1.54) is 0 Å². The van der Waals surface area contributed by atoms with E-state index in [4.69, 9.17) is 5.26 Å². The summed E-state index contributed by atoms with van der Waals surface area (Å²) in [4.78, 5) is 24.2. The number of nitriles is 1. The largest absolute Gasteiger partial charge is 0.350 e. The molecule has 5 nitrogen and oxygen atoms in total. The molecular formula is C20H21N3O2. The number of hydrogen-bond acceptors (Lipinski definition) is 3. The zero-order valence-electron chi connectivity index (χ0n) is 14.3. The predicted molar refractivity (Wildman–Crippen MR) is 95.7 cm³/mol. The molecule has 2 aromatic carbocycles. The van der Waals surface area contributed by atoms with Gasteiger partial charge in [-0.05, 0) is 43.7 Å². The van der Waals surface area contributed by atoms with Crippen LogP contribution in [0.15, 0.2) is 54.6 Å². The third-order valence-electron chi connectivity index (χ3n) is 3.82. The lowest BCUT2D eigenvalue weighted by molar-refractivity contribution is -0.122. The maximum atomic E-state index is 12.2. The van der Waals surface area contributed by atoms with E-state index in [1.807, 2.05) is 25.1 Å². The van der Waals surface area contributed by atoms with Crippen molar-refractivity contribution in [2.75, 3.05) is 0 Å². The van der Waals surface area contributed by atoms with Gasteiger partial charge >= 0.3 is 0 Å². The Balaban J connectivity index is 1.84. The second-order valence-corrected chi connectivity index (χ2v) is 5.97.